The standard InChI is InChI=1S/C22H23FN6O2S2/c1-15(21-24-19(27-31-21)18-3-2-14-32-18)33-22-26-25-20(16-4-6-17(23)7-5-16)29(22)9-8-28-10-12-30-13-11-28/h2-7,14-15H,8-13H2,1H3. The molecule has 1 fully saturated rings. The predicted molar refractivity (Wildman–Crippen MR) is 125 cm³/mol. The Kier molecular flexibility index (Phi) is 6.81. The number of morpholine rings is 1. The van der Waals surface area contributed by atoms with Crippen LogP contribution in [0.5, 0.6) is 0 Å². The van der Waals surface area contributed by atoms with E-state index in [4.69, 9.17) is 9.26 Å². The van der Waals surface area contributed by atoms with Gasteiger partial charge in [0, 0.05) is 31.7 Å². The molecular formula is C22H23FN6O2S2. The van der Waals surface area contributed by atoms with Crippen molar-refractivity contribution in [2.75, 3.05) is 32.8 Å². The maximum absolute atomic E-state index is 13.5. The van der Waals surface area contributed by atoms with Gasteiger partial charge in [-0.15, -0.1) is 21.5 Å². The van der Waals surface area contributed by atoms with Gasteiger partial charge in [0.2, 0.25) is 11.7 Å². The fourth-order valence-corrected chi connectivity index (χ4v) is 5.13. The molecular weight excluding hydrogens is 463 g/mol. The van der Waals surface area contributed by atoms with Crippen LogP contribution in [0.3, 0.4) is 0 Å². The minimum absolute atomic E-state index is 0.112. The fourth-order valence-electron chi connectivity index (χ4n) is 3.57. The summed E-state index contributed by atoms with van der Waals surface area (Å²) in [6.45, 7) is 6.86. The quantitative estimate of drug-likeness (QED) is 0.340. The van der Waals surface area contributed by atoms with Gasteiger partial charge in [0.25, 0.3) is 0 Å². The topological polar surface area (TPSA) is 82.1 Å². The van der Waals surface area contributed by atoms with Crippen molar-refractivity contribution in [3.63, 3.8) is 0 Å². The van der Waals surface area contributed by atoms with Crippen LogP contribution in [0.1, 0.15) is 18.1 Å². The zero-order valence-electron chi connectivity index (χ0n) is 18.1. The number of hydrogen-bond donors (Lipinski definition) is 0. The molecule has 33 heavy (non-hydrogen) atoms. The Morgan fingerprint density at radius 2 is 1.94 bits per heavy atom. The van der Waals surface area contributed by atoms with E-state index in [1.165, 1.54) is 23.9 Å². The van der Waals surface area contributed by atoms with Crippen LogP contribution in [0.25, 0.3) is 22.1 Å². The molecule has 0 amide bonds. The third-order valence-corrected chi connectivity index (χ3v) is 7.31. The van der Waals surface area contributed by atoms with Gasteiger partial charge in [0.05, 0.1) is 23.3 Å². The van der Waals surface area contributed by atoms with Crippen LogP contribution in [0.4, 0.5) is 4.39 Å². The molecule has 1 saturated heterocycles. The first kappa shape index (κ1) is 22.2. The van der Waals surface area contributed by atoms with Crippen LogP contribution >= 0.6 is 23.1 Å². The monoisotopic (exact) mass is 486 g/mol. The Bertz CT molecular complexity index is 1170. The van der Waals surface area contributed by atoms with Crippen molar-refractivity contribution in [2.45, 2.75) is 23.9 Å². The number of thioether (sulfide) groups is 1. The summed E-state index contributed by atoms with van der Waals surface area (Å²) in [5.74, 6) is 1.56. The van der Waals surface area contributed by atoms with Gasteiger partial charge in [-0.05, 0) is 42.6 Å². The molecule has 0 bridgehead atoms. The number of halogens is 1. The van der Waals surface area contributed by atoms with Crippen molar-refractivity contribution < 1.29 is 13.7 Å². The average molecular weight is 487 g/mol. The molecule has 0 radical (unpaired) electrons. The molecule has 8 nitrogen and oxygen atoms in total. The van der Waals surface area contributed by atoms with Crippen LogP contribution in [-0.4, -0.2) is 62.7 Å². The number of benzene rings is 1. The van der Waals surface area contributed by atoms with Crippen molar-refractivity contribution in [1.29, 1.82) is 0 Å². The lowest BCUT2D eigenvalue weighted by Gasteiger charge is -2.27. The number of ether oxygens (including phenoxy) is 1. The van der Waals surface area contributed by atoms with Crippen molar-refractivity contribution in [3.8, 4) is 22.1 Å². The third-order valence-electron chi connectivity index (χ3n) is 5.38. The molecule has 11 heteroatoms. The molecule has 0 spiro atoms. The lowest BCUT2D eigenvalue weighted by atomic mass is 10.2. The van der Waals surface area contributed by atoms with E-state index in [9.17, 15) is 4.39 Å². The van der Waals surface area contributed by atoms with E-state index < -0.39 is 0 Å². The first-order chi connectivity index (χ1) is 16.2. The zero-order valence-corrected chi connectivity index (χ0v) is 19.7. The van der Waals surface area contributed by atoms with E-state index >= 15 is 0 Å². The summed E-state index contributed by atoms with van der Waals surface area (Å²) in [7, 11) is 0. The second-order valence-electron chi connectivity index (χ2n) is 7.61. The van der Waals surface area contributed by atoms with Gasteiger partial charge in [-0.1, -0.05) is 23.0 Å². The Morgan fingerprint density at radius 1 is 1.12 bits per heavy atom. The predicted octanol–water partition coefficient (Wildman–Crippen LogP) is 4.38. The Morgan fingerprint density at radius 3 is 2.70 bits per heavy atom. The number of aromatic nitrogens is 5. The van der Waals surface area contributed by atoms with E-state index in [1.807, 2.05) is 24.4 Å². The van der Waals surface area contributed by atoms with Crippen LogP contribution in [0.2, 0.25) is 0 Å². The summed E-state index contributed by atoms with van der Waals surface area (Å²) in [6, 6.07) is 10.3. The first-order valence-corrected chi connectivity index (χ1v) is 12.5. The molecule has 0 aliphatic carbocycles. The van der Waals surface area contributed by atoms with E-state index in [-0.39, 0.29) is 11.1 Å². The van der Waals surface area contributed by atoms with E-state index in [0.717, 1.165) is 48.4 Å². The van der Waals surface area contributed by atoms with Crippen molar-refractivity contribution in [2.24, 2.45) is 0 Å². The molecule has 1 atom stereocenters. The van der Waals surface area contributed by atoms with Crippen molar-refractivity contribution in [3.05, 3.63) is 53.5 Å². The Labute approximate surface area is 198 Å². The van der Waals surface area contributed by atoms with Crippen molar-refractivity contribution in [1.82, 2.24) is 29.8 Å². The van der Waals surface area contributed by atoms with Crippen LogP contribution in [0.15, 0.2) is 51.5 Å². The maximum atomic E-state index is 13.5. The highest BCUT2D eigenvalue weighted by atomic mass is 32.2. The highest BCUT2D eigenvalue weighted by molar-refractivity contribution is 7.99. The second kappa shape index (κ2) is 10.1. The average Bonchev–Trinajstić information content (AvgIpc) is 3.60. The number of hydrogen-bond acceptors (Lipinski definition) is 9. The van der Waals surface area contributed by atoms with Crippen molar-refractivity contribution >= 4 is 23.1 Å². The van der Waals surface area contributed by atoms with Gasteiger partial charge >= 0.3 is 0 Å². The maximum Gasteiger partial charge on any atom is 0.240 e. The summed E-state index contributed by atoms with van der Waals surface area (Å²) in [6.07, 6.45) is 0. The second-order valence-corrected chi connectivity index (χ2v) is 9.87. The molecule has 1 aliphatic rings. The normalized spacial score (nSPS) is 15.7. The molecule has 1 unspecified atom stereocenters. The molecule has 0 saturated carbocycles. The molecule has 1 aromatic carbocycles. The van der Waals surface area contributed by atoms with E-state index in [1.54, 1.807) is 23.5 Å². The fraction of sp³-hybridized carbons (Fsp3) is 0.364. The van der Waals surface area contributed by atoms with Gasteiger partial charge in [-0.25, -0.2) is 4.39 Å². The van der Waals surface area contributed by atoms with Gasteiger partial charge < -0.3 is 13.8 Å². The summed E-state index contributed by atoms with van der Waals surface area (Å²) in [5.41, 5.74) is 0.822. The highest BCUT2D eigenvalue weighted by Gasteiger charge is 2.23. The lowest BCUT2D eigenvalue weighted by Crippen LogP contribution is -2.38. The zero-order chi connectivity index (χ0) is 22.6. The number of thiophene rings is 1. The first-order valence-electron chi connectivity index (χ1n) is 10.7. The number of nitrogens with zero attached hydrogens (tertiary/aromatic N) is 6. The molecule has 5 rings (SSSR count). The Hall–Kier alpha value is -2.60. The molecule has 0 N–H and O–H groups in total. The molecule has 4 heterocycles. The molecule has 1 aliphatic heterocycles. The minimum atomic E-state index is -0.278. The summed E-state index contributed by atoms with van der Waals surface area (Å²) in [5, 5.41) is 15.6. The third kappa shape index (κ3) is 5.16. The molecule has 172 valence electrons. The lowest BCUT2D eigenvalue weighted by molar-refractivity contribution is 0.0361. The number of rotatable bonds is 8. The largest absolute Gasteiger partial charge is 0.379 e. The van der Waals surface area contributed by atoms with Crippen LogP contribution < -0.4 is 0 Å². The van der Waals surface area contributed by atoms with Gasteiger partial charge in [0.1, 0.15) is 5.82 Å². The SMILES string of the molecule is CC(Sc1nnc(-c2ccc(F)cc2)n1CCN1CCOCC1)c1nc(-c2cccs2)no1. The van der Waals surface area contributed by atoms with E-state index in [0.29, 0.717) is 24.1 Å². The van der Waals surface area contributed by atoms with Crippen LogP contribution in [-0.2, 0) is 11.3 Å². The Balaban J connectivity index is 1.38. The van der Waals surface area contributed by atoms with Gasteiger partial charge in [-0.2, -0.15) is 4.98 Å². The van der Waals surface area contributed by atoms with Gasteiger partial charge in [-0.3, -0.25) is 4.90 Å². The van der Waals surface area contributed by atoms with E-state index in [2.05, 4.69) is 29.8 Å². The molecule has 4 aromatic rings. The summed E-state index contributed by atoms with van der Waals surface area (Å²) >= 11 is 3.09. The summed E-state index contributed by atoms with van der Waals surface area (Å²) in [4.78, 5) is 7.89. The molecule has 3 aromatic heterocycles. The highest BCUT2D eigenvalue weighted by Crippen LogP contribution is 2.35. The summed E-state index contributed by atoms with van der Waals surface area (Å²) < 4.78 is 26.5. The van der Waals surface area contributed by atoms with Gasteiger partial charge in [0.15, 0.2) is 11.0 Å². The smallest absolute Gasteiger partial charge is 0.240 e. The minimum Gasteiger partial charge on any atom is -0.379 e. The van der Waals surface area contributed by atoms with Crippen LogP contribution in [0, 0.1) is 5.82 Å².